The Labute approximate surface area is 65.8 Å². The number of hydrogen-bond donors (Lipinski definition) is 0. The van der Waals surface area contributed by atoms with Crippen LogP contribution in [0.5, 0.6) is 10.1 Å². The van der Waals surface area contributed by atoms with Gasteiger partial charge in [0, 0.05) is 0 Å². The molecule has 0 saturated carbocycles. The molecule has 0 spiro atoms. The molecule has 0 radical (unpaired) electrons. The summed E-state index contributed by atoms with van der Waals surface area (Å²) >= 11 is 2.11. The third-order valence-corrected chi connectivity index (χ3v) is 2.93. The second-order valence-electron chi connectivity index (χ2n) is 1.44. The van der Waals surface area contributed by atoms with Gasteiger partial charge in [-0.2, -0.15) is 0 Å². The van der Waals surface area contributed by atoms with Crippen LogP contribution in [0.1, 0.15) is 0 Å². The zero-order valence-corrected chi connectivity index (χ0v) is 7.17. The molecule has 0 fully saturated rings. The van der Waals surface area contributed by atoms with E-state index in [1.807, 2.05) is 0 Å². The molecule has 1 rings (SSSR count). The molecule has 0 saturated heterocycles. The molecule has 5 heteroatoms. The van der Waals surface area contributed by atoms with Crippen LogP contribution in [0, 0.1) is 0 Å². The zero-order valence-electron chi connectivity index (χ0n) is 5.54. The van der Waals surface area contributed by atoms with E-state index in [2.05, 4.69) is 0 Å². The highest BCUT2D eigenvalue weighted by molar-refractivity contribution is 7.30. The van der Waals surface area contributed by atoms with Gasteiger partial charge < -0.3 is 9.47 Å². The molecule has 1 aromatic heterocycles. The van der Waals surface area contributed by atoms with Gasteiger partial charge >= 0.3 is 0 Å². The summed E-state index contributed by atoms with van der Waals surface area (Å²) < 4.78 is 9.72. The number of methoxy groups -OCH3 is 2. The highest BCUT2D eigenvalue weighted by Crippen LogP contribution is 2.33. The van der Waals surface area contributed by atoms with Crippen molar-refractivity contribution >= 4 is 22.7 Å². The maximum absolute atomic E-state index is 10.7. The van der Waals surface area contributed by atoms with Crippen LogP contribution >= 0.6 is 22.7 Å². The van der Waals surface area contributed by atoms with Crippen LogP contribution in [0.2, 0.25) is 0 Å². The van der Waals surface area contributed by atoms with Gasteiger partial charge in [-0.3, -0.25) is 4.79 Å². The van der Waals surface area contributed by atoms with Crippen LogP contribution < -0.4 is 13.5 Å². The molecule has 56 valence electrons. The van der Waals surface area contributed by atoms with Gasteiger partial charge in [0.2, 0.25) is 10.1 Å². The molecule has 0 unspecified atom stereocenters. The molecule has 10 heavy (non-hydrogen) atoms. The minimum absolute atomic E-state index is 0.00583. The van der Waals surface area contributed by atoms with Crippen molar-refractivity contribution in [3.05, 3.63) is 8.85 Å². The van der Waals surface area contributed by atoms with E-state index in [1.165, 1.54) is 14.2 Å². The number of hydrogen-bond acceptors (Lipinski definition) is 5. The van der Waals surface area contributed by atoms with Gasteiger partial charge in [-0.25, -0.2) is 0 Å². The van der Waals surface area contributed by atoms with Crippen molar-refractivity contribution in [3.63, 3.8) is 0 Å². The Morgan fingerprint density at radius 1 is 1.10 bits per heavy atom. The molecule has 0 N–H and O–H groups in total. The minimum atomic E-state index is -0.00583. The fourth-order valence-corrected chi connectivity index (χ4v) is 2.18. The highest BCUT2D eigenvalue weighted by atomic mass is 32.2. The summed E-state index contributed by atoms with van der Waals surface area (Å²) in [5.74, 6) is 0. The van der Waals surface area contributed by atoms with Gasteiger partial charge in [-0.15, -0.1) is 0 Å². The molecule has 0 amide bonds. The fourth-order valence-electron chi connectivity index (χ4n) is 0.506. The summed E-state index contributed by atoms with van der Waals surface area (Å²) in [7, 11) is 3.03. The molecule has 1 heterocycles. The SMILES string of the molecule is COc1sc(=O)sc1OC. The largest absolute Gasteiger partial charge is 0.484 e. The van der Waals surface area contributed by atoms with E-state index in [0.717, 1.165) is 22.7 Å². The Morgan fingerprint density at radius 2 is 1.50 bits per heavy atom. The van der Waals surface area contributed by atoms with E-state index in [1.54, 1.807) is 0 Å². The number of rotatable bonds is 2. The molecule has 0 aromatic carbocycles. The van der Waals surface area contributed by atoms with Crippen LogP contribution in [0.25, 0.3) is 0 Å². The summed E-state index contributed by atoms with van der Waals surface area (Å²) in [6, 6.07) is 0. The molecule has 0 aliphatic rings. The maximum Gasteiger partial charge on any atom is 0.294 e. The van der Waals surface area contributed by atoms with Crippen molar-refractivity contribution < 1.29 is 9.47 Å². The zero-order chi connectivity index (χ0) is 7.56. The van der Waals surface area contributed by atoms with Crippen LogP contribution in [-0.4, -0.2) is 14.2 Å². The normalized spacial score (nSPS) is 9.40. The monoisotopic (exact) mass is 178 g/mol. The lowest BCUT2D eigenvalue weighted by Gasteiger charge is -1.95. The Morgan fingerprint density at radius 3 is 1.80 bits per heavy atom. The van der Waals surface area contributed by atoms with Gasteiger partial charge in [0.25, 0.3) is 4.06 Å². The van der Waals surface area contributed by atoms with E-state index in [9.17, 15) is 4.79 Å². The van der Waals surface area contributed by atoms with Gasteiger partial charge in [-0.1, -0.05) is 0 Å². The Hall–Kier alpha value is -0.550. The third-order valence-electron chi connectivity index (χ3n) is 0.890. The first-order valence-corrected chi connectivity index (χ1v) is 4.13. The van der Waals surface area contributed by atoms with Crippen molar-refractivity contribution in [3.8, 4) is 10.1 Å². The average Bonchev–Trinajstić information content (AvgIpc) is 2.30. The highest BCUT2D eigenvalue weighted by Gasteiger charge is 2.07. The Balaban J connectivity index is 3.08. The summed E-state index contributed by atoms with van der Waals surface area (Å²) in [5.41, 5.74) is 0. The van der Waals surface area contributed by atoms with Crippen molar-refractivity contribution in [2.75, 3.05) is 14.2 Å². The fraction of sp³-hybridized carbons (Fsp3) is 0.400. The van der Waals surface area contributed by atoms with Crippen LogP contribution in [-0.2, 0) is 0 Å². The van der Waals surface area contributed by atoms with Crippen LogP contribution in [0.3, 0.4) is 0 Å². The Bertz CT molecular complexity index is 238. The summed E-state index contributed by atoms with van der Waals surface area (Å²) in [6.07, 6.45) is 0. The molecular weight excluding hydrogens is 172 g/mol. The van der Waals surface area contributed by atoms with E-state index in [0.29, 0.717) is 10.1 Å². The quantitative estimate of drug-likeness (QED) is 0.682. The molecule has 1 aromatic rings. The van der Waals surface area contributed by atoms with Crippen molar-refractivity contribution in [2.45, 2.75) is 0 Å². The molecule has 0 aliphatic heterocycles. The van der Waals surface area contributed by atoms with Gasteiger partial charge in [0.15, 0.2) is 0 Å². The first kappa shape index (κ1) is 7.56. The van der Waals surface area contributed by atoms with Gasteiger partial charge in [0.05, 0.1) is 14.2 Å². The Kier molecular flexibility index (Phi) is 2.29. The predicted octanol–water partition coefficient (Wildman–Crippen LogP) is 1.19. The van der Waals surface area contributed by atoms with E-state index in [-0.39, 0.29) is 4.06 Å². The minimum Gasteiger partial charge on any atom is -0.484 e. The predicted molar refractivity (Wildman–Crippen MR) is 41.6 cm³/mol. The molecule has 3 nitrogen and oxygen atoms in total. The number of ether oxygens (including phenoxy) is 2. The van der Waals surface area contributed by atoms with Crippen LogP contribution in [0.4, 0.5) is 0 Å². The molecule has 0 atom stereocenters. The second-order valence-corrected chi connectivity index (χ2v) is 3.59. The molecule has 0 bridgehead atoms. The van der Waals surface area contributed by atoms with Crippen molar-refractivity contribution in [2.24, 2.45) is 0 Å². The topological polar surface area (TPSA) is 35.5 Å². The van der Waals surface area contributed by atoms with E-state index < -0.39 is 0 Å². The summed E-state index contributed by atoms with van der Waals surface area (Å²) in [5, 5.41) is 1.11. The van der Waals surface area contributed by atoms with Gasteiger partial charge in [-0.05, 0) is 22.7 Å². The average molecular weight is 178 g/mol. The lowest BCUT2D eigenvalue weighted by atomic mass is 10.9. The first-order valence-electron chi connectivity index (χ1n) is 2.50. The maximum atomic E-state index is 10.7. The summed E-state index contributed by atoms with van der Waals surface area (Å²) in [6.45, 7) is 0. The standard InChI is InChI=1S/C5H6O3S2/c1-7-3-4(8-2)10-5(6)9-3/h1-2H3. The molecule has 0 aliphatic carbocycles. The van der Waals surface area contributed by atoms with E-state index >= 15 is 0 Å². The lowest BCUT2D eigenvalue weighted by molar-refractivity contribution is 0.372. The third kappa shape index (κ3) is 1.30. The first-order chi connectivity index (χ1) is 4.77. The van der Waals surface area contributed by atoms with Gasteiger partial charge in [0.1, 0.15) is 0 Å². The van der Waals surface area contributed by atoms with Crippen LogP contribution in [0.15, 0.2) is 4.79 Å². The van der Waals surface area contributed by atoms with E-state index in [4.69, 9.17) is 9.47 Å². The second kappa shape index (κ2) is 3.03. The molecular formula is C5H6O3S2. The lowest BCUT2D eigenvalue weighted by Crippen LogP contribution is -1.82. The van der Waals surface area contributed by atoms with Crippen molar-refractivity contribution in [1.82, 2.24) is 0 Å². The smallest absolute Gasteiger partial charge is 0.294 e. The van der Waals surface area contributed by atoms with Crippen molar-refractivity contribution in [1.29, 1.82) is 0 Å². The summed E-state index contributed by atoms with van der Waals surface area (Å²) in [4.78, 5) is 10.7.